The van der Waals surface area contributed by atoms with Gasteiger partial charge in [-0.15, -0.1) is 0 Å². The lowest BCUT2D eigenvalue weighted by molar-refractivity contribution is -0.116. The Morgan fingerprint density at radius 1 is 1.32 bits per heavy atom. The lowest BCUT2D eigenvalue weighted by Crippen LogP contribution is -2.37. The van der Waals surface area contributed by atoms with Crippen LogP contribution in [0.4, 0.5) is 5.69 Å². The Bertz CT molecular complexity index is 424. The van der Waals surface area contributed by atoms with E-state index in [2.05, 4.69) is 32.2 Å². The number of para-hydroxylation sites is 1. The molecule has 0 aromatic heterocycles. The summed E-state index contributed by atoms with van der Waals surface area (Å²) in [5.74, 6) is -0.305. The summed E-state index contributed by atoms with van der Waals surface area (Å²) < 4.78 is 0. The minimum Gasteiger partial charge on any atom is -0.368 e. The summed E-state index contributed by atoms with van der Waals surface area (Å²) in [6, 6.07) is 8.12. The van der Waals surface area contributed by atoms with Crippen LogP contribution in [-0.2, 0) is 11.3 Å². The van der Waals surface area contributed by atoms with E-state index in [9.17, 15) is 4.79 Å². The first kappa shape index (κ1) is 15.5. The van der Waals surface area contributed by atoms with Gasteiger partial charge in [0.15, 0.2) is 0 Å². The number of hydrogen-bond acceptors (Lipinski definition) is 3. The van der Waals surface area contributed by atoms with Gasteiger partial charge in [-0.2, -0.15) is 0 Å². The van der Waals surface area contributed by atoms with E-state index in [0.717, 1.165) is 18.8 Å². The lowest BCUT2D eigenvalue weighted by atomic mass is 10.1. The van der Waals surface area contributed by atoms with Gasteiger partial charge in [-0.05, 0) is 39.3 Å². The Kier molecular flexibility index (Phi) is 5.36. The van der Waals surface area contributed by atoms with Gasteiger partial charge in [-0.25, -0.2) is 0 Å². The Morgan fingerprint density at radius 3 is 2.47 bits per heavy atom. The molecule has 4 heteroatoms. The summed E-state index contributed by atoms with van der Waals surface area (Å²) in [4.78, 5) is 13.1. The molecule has 1 aromatic carbocycles. The highest BCUT2D eigenvalue weighted by Gasteiger charge is 2.14. The average Bonchev–Trinajstić information content (AvgIpc) is 2.33. The van der Waals surface area contributed by atoms with Gasteiger partial charge in [-0.1, -0.05) is 18.2 Å². The Labute approximate surface area is 116 Å². The lowest BCUT2D eigenvalue weighted by Gasteiger charge is -2.26. The molecule has 0 saturated heterocycles. The highest BCUT2D eigenvalue weighted by atomic mass is 16.1. The Balaban J connectivity index is 2.90. The number of rotatable bonds is 6. The SMILES string of the molecule is CCN(CC(N)=O)c1ccccc1CNC(C)(C)C. The summed E-state index contributed by atoms with van der Waals surface area (Å²) >= 11 is 0. The van der Waals surface area contributed by atoms with Crippen molar-refractivity contribution >= 4 is 11.6 Å². The average molecular weight is 263 g/mol. The third-order valence-corrected chi connectivity index (χ3v) is 2.87. The maximum absolute atomic E-state index is 11.1. The quantitative estimate of drug-likeness (QED) is 0.824. The van der Waals surface area contributed by atoms with Crippen molar-refractivity contribution < 1.29 is 4.79 Å². The molecule has 106 valence electrons. The predicted molar refractivity (Wildman–Crippen MR) is 80.1 cm³/mol. The van der Waals surface area contributed by atoms with Gasteiger partial charge >= 0.3 is 0 Å². The van der Waals surface area contributed by atoms with Crippen molar-refractivity contribution in [3.05, 3.63) is 29.8 Å². The van der Waals surface area contributed by atoms with E-state index >= 15 is 0 Å². The zero-order chi connectivity index (χ0) is 14.5. The molecule has 0 heterocycles. The number of hydrogen-bond donors (Lipinski definition) is 2. The molecule has 0 spiro atoms. The molecule has 0 fully saturated rings. The molecule has 4 nitrogen and oxygen atoms in total. The number of primary amides is 1. The van der Waals surface area contributed by atoms with Crippen molar-refractivity contribution in [1.82, 2.24) is 5.32 Å². The summed E-state index contributed by atoms with van der Waals surface area (Å²) in [5, 5.41) is 3.47. The van der Waals surface area contributed by atoms with Crippen molar-refractivity contribution in [3.63, 3.8) is 0 Å². The van der Waals surface area contributed by atoms with Crippen LogP contribution in [0.1, 0.15) is 33.3 Å². The molecule has 0 saturated carbocycles. The summed E-state index contributed by atoms with van der Waals surface area (Å²) in [5.41, 5.74) is 7.62. The largest absolute Gasteiger partial charge is 0.368 e. The highest BCUT2D eigenvalue weighted by Crippen LogP contribution is 2.20. The third-order valence-electron chi connectivity index (χ3n) is 2.87. The molecule has 19 heavy (non-hydrogen) atoms. The van der Waals surface area contributed by atoms with E-state index in [-0.39, 0.29) is 18.0 Å². The first-order valence-electron chi connectivity index (χ1n) is 6.69. The predicted octanol–water partition coefficient (Wildman–Crippen LogP) is 1.89. The van der Waals surface area contributed by atoms with Crippen LogP contribution in [0, 0.1) is 0 Å². The minimum atomic E-state index is -0.305. The third kappa shape index (κ3) is 5.30. The summed E-state index contributed by atoms with van der Waals surface area (Å²) in [6.45, 7) is 10.2. The van der Waals surface area contributed by atoms with Crippen molar-refractivity contribution in [1.29, 1.82) is 0 Å². The van der Waals surface area contributed by atoms with Gasteiger partial charge in [0.2, 0.25) is 5.91 Å². The van der Waals surface area contributed by atoms with Crippen molar-refractivity contribution in [3.8, 4) is 0 Å². The summed E-state index contributed by atoms with van der Waals surface area (Å²) in [6.07, 6.45) is 0. The first-order chi connectivity index (χ1) is 8.83. The first-order valence-corrected chi connectivity index (χ1v) is 6.69. The number of amides is 1. The van der Waals surface area contributed by atoms with Gasteiger partial charge in [0.1, 0.15) is 0 Å². The molecule has 0 radical (unpaired) electrons. The molecule has 0 aliphatic carbocycles. The smallest absolute Gasteiger partial charge is 0.236 e. The molecule has 1 aromatic rings. The molecule has 0 unspecified atom stereocenters. The van der Waals surface area contributed by atoms with Crippen molar-refractivity contribution in [2.45, 2.75) is 39.8 Å². The summed E-state index contributed by atoms with van der Waals surface area (Å²) in [7, 11) is 0. The molecule has 0 bridgehead atoms. The number of nitrogens with zero attached hydrogens (tertiary/aromatic N) is 1. The van der Waals surface area contributed by atoms with Crippen molar-refractivity contribution in [2.24, 2.45) is 5.73 Å². The zero-order valence-corrected chi connectivity index (χ0v) is 12.4. The van der Waals surface area contributed by atoms with E-state index in [4.69, 9.17) is 5.73 Å². The monoisotopic (exact) mass is 263 g/mol. The zero-order valence-electron chi connectivity index (χ0n) is 12.4. The van der Waals surface area contributed by atoms with Crippen molar-refractivity contribution in [2.75, 3.05) is 18.0 Å². The second-order valence-electron chi connectivity index (χ2n) is 5.71. The molecule has 0 aliphatic heterocycles. The fraction of sp³-hybridized carbons (Fsp3) is 0.533. The Morgan fingerprint density at radius 2 is 1.95 bits per heavy atom. The van der Waals surface area contributed by atoms with Gasteiger partial charge in [0.05, 0.1) is 6.54 Å². The Hall–Kier alpha value is -1.55. The van der Waals surface area contributed by atoms with Gasteiger partial charge in [0, 0.05) is 24.3 Å². The van der Waals surface area contributed by atoms with Crippen LogP contribution in [-0.4, -0.2) is 24.5 Å². The number of likely N-dealkylation sites (N-methyl/N-ethyl adjacent to an activating group) is 1. The van der Waals surface area contributed by atoms with Crippen LogP contribution in [0.5, 0.6) is 0 Å². The molecule has 0 atom stereocenters. The van der Waals surface area contributed by atoms with E-state index in [1.807, 2.05) is 30.0 Å². The number of nitrogens with one attached hydrogen (secondary N) is 1. The molecular formula is C15H25N3O. The molecule has 3 N–H and O–H groups in total. The molecule has 1 rings (SSSR count). The van der Waals surface area contributed by atoms with Gasteiger partial charge < -0.3 is 16.0 Å². The van der Waals surface area contributed by atoms with Gasteiger partial charge in [-0.3, -0.25) is 4.79 Å². The molecule has 1 amide bonds. The minimum absolute atomic E-state index is 0.0633. The number of anilines is 1. The maximum Gasteiger partial charge on any atom is 0.236 e. The van der Waals surface area contributed by atoms with Gasteiger partial charge in [0.25, 0.3) is 0 Å². The molecular weight excluding hydrogens is 238 g/mol. The number of carbonyl (C=O) groups excluding carboxylic acids is 1. The fourth-order valence-corrected chi connectivity index (χ4v) is 1.88. The number of carbonyl (C=O) groups is 1. The highest BCUT2D eigenvalue weighted by molar-refractivity contribution is 5.79. The maximum atomic E-state index is 11.1. The number of nitrogens with two attached hydrogens (primary N) is 1. The number of benzene rings is 1. The molecule has 0 aliphatic rings. The van der Waals surface area contributed by atoms with E-state index in [1.54, 1.807) is 0 Å². The van der Waals surface area contributed by atoms with Crippen LogP contribution < -0.4 is 16.0 Å². The second-order valence-corrected chi connectivity index (χ2v) is 5.71. The van der Waals surface area contributed by atoms with Crippen LogP contribution in [0.2, 0.25) is 0 Å². The second kappa shape index (κ2) is 6.57. The van der Waals surface area contributed by atoms with Crippen LogP contribution >= 0.6 is 0 Å². The fourth-order valence-electron chi connectivity index (χ4n) is 1.88. The topological polar surface area (TPSA) is 58.4 Å². The van der Waals surface area contributed by atoms with E-state index in [0.29, 0.717) is 0 Å². The van der Waals surface area contributed by atoms with E-state index in [1.165, 1.54) is 5.56 Å². The van der Waals surface area contributed by atoms with E-state index < -0.39 is 0 Å². The van der Waals surface area contributed by atoms with Crippen LogP contribution in [0.25, 0.3) is 0 Å². The van der Waals surface area contributed by atoms with Crippen LogP contribution in [0.3, 0.4) is 0 Å². The standard InChI is InChI=1S/C15H25N3O/c1-5-18(11-14(16)19)13-9-7-6-8-12(13)10-17-15(2,3)4/h6-9,17H,5,10-11H2,1-4H3,(H2,16,19). The normalized spacial score (nSPS) is 11.4. The van der Waals surface area contributed by atoms with Crippen LogP contribution in [0.15, 0.2) is 24.3 Å².